The molecule has 0 aromatic heterocycles. The van der Waals surface area contributed by atoms with Gasteiger partial charge in [-0.05, 0) is 83.8 Å². The Balaban J connectivity index is 1.38. The summed E-state index contributed by atoms with van der Waals surface area (Å²) in [6.45, 7) is 4.25. The van der Waals surface area contributed by atoms with E-state index in [-0.39, 0.29) is 17.4 Å². The van der Waals surface area contributed by atoms with E-state index in [0.29, 0.717) is 27.8 Å². The fraction of sp³-hybridized carbons (Fsp3) is 0.121. The first-order chi connectivity index (χ1) is 19.8. The maximum absolute atomic E-state index is 13.2. The molecule has 208 valence electrons. The molecule has 0 unspecified atom stereocenters. The molecule has 41 heavy (non-hydrogen) atoms. The summed E-state index contributed by atoms with van der Waals surface area (Å²) in [6, 6.07) is 30.6. The van der Waals surface area contributed by atoms with Crippen molar-refractivity contribution in [1.29, 1.82) is 0 Å². The molecule has 8 heteroatoms. The average molecular weight is 584 g/mol. The van der Waals surface area contributed by atoms with Gasteiger partial charge in [0.25, 0.3) is 11.8 Å². The fourth-order valence-electron chi connectivity index (χ4n) is 3.84. The number of amides is 3. The molecule has 0 atom stereocenters. The van der Waals surface area contributed by atoms with Crippen molar-refractivity contribution in [2.24, 2.45) is 0 Å². The smallest absolute Gasteiger partial charge is 0.272 e. The Morgan fingerprint density at radius 1 is 0.805 bits per heavy atom. The van der Waals surface area contributed by atoms with Gasteiger partial charge < -0.3 is 16.0 Å². The number of halogens is 1. The maximum Gasteiger partial charge on any atom is 0.272 e. The summed E-state index contributed by atoms with van der Waals surface area (Å²) in [7, 11) is 0. The minimum absolute atomic E-state index is 0.0673. The topological polar surface area (TPSA) is 87.3 Å². The van der Waals surface area contributed by atoms with Gasteiger partial charge in [-0.2, -0.15) is 0 Å². The highest BCUT2D eigenvalue weighted by atomic mass is 35.5. The SMILES string of the molecule is CC(C)c1ccc(NC(=O)CSc2ccc(NC(=O)/C(=C/c3cccc(Cl)c3)NC(=O)c3ccccc3)cc2)cc1. The van der Waals surface area contributed by atoms with Crippen molar-refractivity contribution < 1.29 is 14.4 Å². The molecule has 0 aliphatic rings. The van der Waals surface area contributed by atoms with E-state index in [1.165, 1.54) is 17.3 Å². The van der Waals surface area contributed by atoms with Gasteiger partial charge in [0.2, 0.25) is 5.91 Å². The van der Waals surface area contributed by atoms with E-state index in [2.05, 4.69) is 29.8 Å². The largest absolute Gasteiger partial charge is 0.325 e. The molecule has 3 N–H and O–H groups in total. The van der Waals surface area contributed by atoms with Crippen LogP contribution in [-0.2, 0) is 9.59 Å². The molecule has 4 aromatic carbocycles. The van der Waals surface area contributed by atoms with Crippen molar-refractivity contribution in [3.8, 4) is 0 Å². The lowest BCUT2D eigenvalue weighted by molar-refractivity contribution is -0.114. The first-order valence-corrected chi connectivity index (χ1v) is 14.4. The quantitative estimate of drug-likeness (QED) is 0.132. The summed E-state index contributed by atoms with van der Waals surface area (Å²) < 4.78 is 0. The van der Waals surface area contributed by atoms with E-state index in [4.69, 9.17) is 11.6 Å². The summed E-state index contributed by atoms with van der Waals surface area (Å²) in [6.07, 6.45) is 1.57. The molecule has 3 amide bonds. The molecule has 0 saturated carbocycles. The van der Waals surface area contributed by atoms with Gasteiger partial charge in [-0.3, -0.25) is 14.4 Å². The van der Waals surface area contributed by atoms with Gasteiger partial charge in [0.05, 0.1) is 5.75 Å². The van der Waals surface area contributed by atoms with E-state index in [9.17, 15) is 14.4 Å². The molecular formula is C33H30ClN3O3S. The predicted molar refractivity (Wildman–Crippen MR) is 168 cm³/mol. The van der Waals surface area contributed by atoms with Crippen LogP contribution < -0.4 is 16.0 Å². The third-order valence-electron chi connectivity index (χ3n) is 6.03. The normalized spacial score (nSPS) is 11.2. The van der Waals surface area contributed by atoms with E-state index in [1.54, 1.807) is 66.7 Å². The van der Waals surface area contributed by atoms with Crippen LogP contribution in [-0.4, -0.2) is 23.5 Å². The van der Waals surface area contributed by atoms with E-state index in [0.717, 1.165) is 10.6 Å². The number of carbonyl (C=O) groups excluding carboxylic acids is 3. The zero-order chi connectivity index (χ0) is 29.2. The van der Waals surface area contributed by atoms with Crippen LogP contribution in [0.1, 0.15) is 41.3 Å². The lowest BCUT2D eigenvalue weighted by Crippen LogP contribution is -2.30. The van der Waals surface area contributed by atoms with E-state index in [1.807, 2.05) is 42.5 Å². The Labute approximate surface area is 249 Å². The zero-order valence-corrected chi connectivity index (χ0v) is 24.3. The molecular weight excluding hydrogens is 554 g/mol. The number of anilines is 2. The van der Waals surface area contributed by atoms with Crippen molar-refractivity contribution in [2.45, 2.75) is 24.7 Å². The minimum Gasteiger partial charge on any atom is -0.325 e. The molecule has 4 aromatic rings. The molecule has 0 bridgehead atoms. The highest BCUT2D eigenvalue weighted by molar-refractivity contribution is 8.00. The monoisotopic (exact) mass is 583 g/mol. The zero-order valence-electron chi connectivity index (χ0n) is 22.7. The van der Waals surface area contributed by atoms with Crippen LogP contribution in [0.4, 0.5) is 11.4 Å². The van der Waals surface area contributed by atoms with Gasteiger partial charge in [-0.15, -0.1) is 11.8 Å². The van der Waals surface area contributed by atoms with Crippen molar-refractivity contribution >= 4 is 58.5 Å². The first kappa shape index (κ1) is 29.6. The van der Waals surface area contributed by atoms with E-state index < -0.39 is 11.8 Å². The number of benzene rings is 4. The van der Waals surface area contributed by atoms with Crippen LogP contribution >= 0.6 is 23.4 Å². The molecule has 0 heterocycles. The van der Waals surface area contributed by atoms with Gasteiger partial charge in [-0.25, -0.2) is 0 Å². The molecule has 6 nitrogen and oxygen atoms in total. The lowest BCUT2D eigenvalue weighted by Gasteiger charge is -2.12. The van der Waals surface area contributed by atoms with Gasteiger partial charge in [0.1, 0.15) is 5.70 Å². The first-order valence-electron chi connectivity index (χ1n) is 13.0. The fourth-order valence-corrected chi connectivity index (χ4v) is 4.73. The number of hydrogen-bond donors (Lipinski definition) is 3. The van der Waals surface area contributed by atoms with Gasteiger partial charge in [-0.1, -0.05) is 67.9 Å². The van der Waals surface area contributed by atoms with E-state index >= 15 is 0 Å². The second-order valence-electron chi connectivity index (χ2n) is 9.53. The Hall–Kier alpha value is -4.33. The second-order valence-corrected chi connectivity index (χ2v) is 11.0. The molecule has 0 radical (unpaired) electrons. The third kappa shape index (κ3) is 9.10. The highest BCUT2D eigenvalue weighted by Crippen LogP contribution is 2.22. The van der Waals surface area contributed by atoms with Crippen molar-refractivity contribution in [2.75, 3.05) is 16.4 Å². The lowest BCUT2D eigenvalue weighted by atomic mass is 10.0. The van der Waals surface area contributed by atoms with Gasteiger partial charge in [0.15, 0.2) is 0 Å². The average Bonchev–Trinajstić information content (AvgIpc) is 2.97. The number of thioether (sulfide) groups is 1. The summed E-state index contributed by atoms with van der Waals surface area (Å²) >= 11 is 7.50. The second kappa shape index (κ2) is 14.3. The van der Waals surface area contributed by atoms with Crippen LogP contribution in [0, 0.1) is 0 Å². The summed E-state index contributed by atoms with van der Waals surface area (Å²) in [5.41, 5.74) is 3.68. The summed E-state index contributed by atoms with van der Waals surface area (Å²) in [4.78, 5) is 39.3. The Morgan fingerprint density at radius 2 is 1.46 bits per heavy atom. The van der Waals surface area contributed by atoms with Gasteiger partial charge >= 0.3 is 0 Å². The predicted octanol–water partition coefficient (Wildman–Crippen LogP) is 7.60. The molecule has 0 spiro atoms. The van der Waals surface area contributed by atoms with Crippen LogP contribution in [0.15, 0.2) is 114 Å². The third-order valence-corrected chi connectivity index (χ3v) is 7.28. The number of rotatable bonds is 10. The summed E-state index contributed by atoms with van der Waals surface area (Å²) in [5, 5.41) is 8.97. The maximum atomic E-state index is 13.2. The van der Waals surface area contributed by atoms with Crippen molar-refractivity contribution in [1.82, 2.24) is 5.32 Å². The standard InChI is InChI=1S/C33H30ClN3O3S/c1-22(2)24-11-13-27(14-12-24)35-31(38)21-41-29-17-15-28(16-18-29)36-33(40)30(20-23-7-6-10-26(34)19-23)37-32(39)25-8-4-3-5-9-25/h3-20,22H,21H2,1-2H3,(H,35,38)(H,36,40)(H,37,39)/b30-20-. The van der Waals surface area contributed by atoms with Crippen molar-refractivity contribution in [3.05, 3.63) is 131 Å². The number of hydrogen-bond acceptors (Lipinski definition) is 4. The Bertz CT molecular complexity index is 1540. The van der Waals surface area contributed by atoms with Crippen LogP contribution in [0.3, 0.4) is 0 Å². The molecule has 0 aliphatic carbocycles. The minimum atomic E-state index is -0.488. The van der Waals surface area contributed by atoms with Crippen LogP contribution in [0.25, 0.3) is 6.08 Å². The van der Waals surface area contributed by atoms with Crippen LogP contribution in [0.5, 0.6) is 0 Å². The highest BCUT2D eigenvalue weighted by Gasteiger charge is 2.15. The van der Waals surface area contributed by atoms with Crippen LogP contribution in [0.2, 0.25) is 5.02 Å². The van der Waals surface area contributed by atoms with Crippen molar-refractivity contribution in [3.63, 3.8) is 0 Å². The Morgan fingerprint density at radius 3 is 2.12 bits per heavy atom. The number of carbonyl (C=O) groups is 3. The molecule has 4 rings (SSSR count). The molecule has 0 saturated heterocycles. The molecule has 0 aliphatic heterocycles. The molecule has 0 fully saturated rings. The van der Waals surface area contributed by atoms with Gasteiger partial charge in [0, 0.05) is 26.9 Å². The number of nitrogens with one attached hydrogen (secondary N) is 3. The Kier molecular flexibility index (Phi) is 10.4. The summed E-state index contributed by atoms with van der Waals surface area (Å²) in [5.74, 6) is -0.320.